The summed E-state index contributed by atoms with van der Waals surface area (Å²) in [4.78, 5) is 26.8. The molecule has 2 aliphatic carbocycles. The SMILES string of the molecule is CCCCC(=O)N1CCC(NC(=O)c2cc(C3CC3)on2)C2(CC2)C1. The summed E-state index contributed by atoms with van der Waals surface area (Å²) in [5, 5.41) is 7.10. The van der Waals surface area contributed by atoms with Crippen LogP contribution in [0.3, 0.4) is 0 Å². The van der Waals surface area contributed by atoms with Crippen molar-refractivity contribution in [3.05, 3.63) is 17.5 Å². The zero-order valence-electron chi connectivity index (χ0n) is 14.9. The molecular weight excluding hydrogens is 318 g/mol. The van der Waals surface area contributed by atoms with Gasteiger partial charge >= 0.3 is 0 Å². The molecular formula is C19H27N3O3. The number of hydrogen-bond acceptors (Lipinski definition) is 4. The second-order valence-electron chi connectivity index (χ2n) is 7.98. The Morgan fingerprint density at radius 3 is 2.84 bits per heavy atom. The van der Waals surface area contributed by atoms with Crippen LogP contribution in [0.2, 0.25) is 0 Å². The van der Waals surface area contributed by atoms with Gasteiger partial charge in [-0.3, -0.25) is 9.59 Å². The molecule has 2 saturated carbocycles. The number of rotatable bonds is 6. The van der Waals surface area contributed by atoms with E-state index >= 15 is 0 Å². The minimum absolute atomic E-state index is 0.0822. The number of amides is 2. The fraction of sp³-hybridized carbons (Fsp3) is 0.737. The molecule has 3 aliphatic rings. The second-order valence-corrected chi connectivity index (χ2v) is 7.98. The Hall–Kier alpha value is -1.85. The second kappa shape index (κ2) is 6.46. The highest BCUT2D eigenvalue weighted by atomic mass is 16.5. The van der Waals surface area contributed by atoms with E-state index in [2.05, 4.69) is 17.4 Å². The molecule has 136 valence electrons. The molecule has 0 radical (unpaired) electrons. The quantitative estimate of drug-likeness (QED) is 0.860. The fourth-order valence-corrected chi connectivity index (χ4v) is 3.94. The average Bonchev–Trinajstić information content (AvgIpc) is 3.55. The Kier molecular flexibility index (Phi) is 4.29. The van der Waals surface area contributed by atoms with Crippen LogP contribution in [0, 0.1) is 5.41 Å². The van der Waals surface area contributed by atoms with Gasteiger partial charge in [0.1, 0.15) is 5.76 Å². The van der Waals surface area contributed by atoms with Gasteiger partial charge < -0.3 is 14.7 Å². The molecule has 6 nitrogen and oxygen atoms in total. The van der Waals surface area contributed by atoms with Crippen molar-refractivity contribution in [2.45, 2.75) is 70.3 Å². The predicted octanol–water partition coefficient (Wildman–Crippen LogP) is 2.85. The maximum Gasteiger partial charge on any atom is 0.273 e. The number of nitrogens with one attached hydrogen (secondary N) is 1. The molecule has 1 aliphatic heterocycles. The number of unbranched alkanes of at least 4 members (excludes halogenated alkanes) is 1. The van der Waals surface area contributed by atoms with Crippen LogP contribution in [0.1, 0.15) is 80.5 Å². The molecule has 2 heterocycles. The lowest BCUT2D eigenvalue weighted by Crippen LogP contribution is -2.53. The molecule has 2 amide bonds. The number of aromatic nitrogens is 1. The molecule has 1 aromatic rings. The monoisotopic (exact) mass is 345 g/mol. The van der Waals surface area contributed by atoms with E-state index in [0.717, 1.165) is 63.8 Å². The molecule has 0 aromatic carbocycles. The summed E-state index contributed by atoms with van der Waals surface area (Å²) < 4.78 is 5.29. The van der Waals surface area contributed by atoms with Gasteiger partial charge in [-0.05, 0) is 38.5 Å². The zero-order chi connectivity index (χ0) is 17.4. The number of carbonyl (C=O) groups excluding carboxylic acids is 2. The van der Waals surface area contributed by atoms with Crippen LogP contribution >= 0.6 is 0 Å². The maximum absolute atomic E-state index is 12.5. The normalized spacial score (nSPS) is 24.4. The summed E-state index contributed by atoms with van der Waals surface area (Å²) in [6.45, 7) is 3.63. The standard InChI is InChI=1S/C19H27N3O3/c1-2-3-4-17(23)22-10-7-16(19(12-22)8-9-19)20-18(24)14-11-15(25-21-14)13-5-6-13/h11,13,16H,2-10,12H2,1H3,(H,20,24). The lowest BCUT2D eigenvalue weighted by Gasteiger charge is -2.39. The Bertz CT molecular complexity index is 661. The molecule has 3 fully saturated rings. The summed E-state index contributed by atoms with van der Waals surface area (Å²) in [5.74, 6) is 1.42. The highest BCUT2D eigenvalue weighted by Crippen LogP contribution is 2.52. The van der Waals surface area contributed by atoms with Crippen molar-refractivity contribution in [1.82, 2.24) is 15.4 Å². The number of piperidine rings is 1. The van der Waals surface area contributed by atoms with E-state index < -0.39 is 0 Å². The highest BCUT2D eigenvalue weighted by molar-refractivity contribution is 5.92. The molecule has 1 atom stereocenters. The minimum atomic E-state index is -0.141. The van der Waals surface area contributed by atoms with E-state index in [1.807, 2.05) is 4.90 Å². The van der Waals surface area contributed by atoms with E-state index in [1.54, 1.807) is 6.07 Å². The van der Waals surface area contributed by atoms with Gasteiger partial charge in [0, 0.05) is 43.0 Å². The van der Waals surface area contributed by atoms with E-state index in [4.69, 9.17) is 4.52 Å². The van der Waals surface area contributed by atoms with Crippen molar-refractivity contribution in [2.24, 2.45) is 5.41 Å². The number of carbonyl (C=O) groups is 2. The van der Waals surface area contributed by atoms with E-state index in [-0.39, 0.29) is 23.3 Å². The van der Waals surface area contributed by atoms with Crippen LogP contribution in [0.5, 0.6) is 0 Å². The van der Waals surface area contributed by atoms with Gasteiger partial charge in [-0.15, -0.1) is 0 Å². The first kappa shape index (κ1) is 16.6. The molecule has 0 bridgehead atoms. The molecule has 25 heavy (non-hydrogen) atoms. The summed E-state index contributed by atoms with van der Waals surface area (Å²) >= 11 is 0. The van der Waals surface area contributed by atoms with E-state index in [9.17, 15) is 9.59 Å². The smallest absolute Gasteiger partial charge is 0.273 e. The topological polar surface area (TPSA) is 75.4 Å². The third-order valence-corrected chi connectivity index (χ3v) is 5.97. The van der Waals surface area contributed by atoms with Gasteiger partial charge in [-0.1, -0.05) is 18.5 Å². The zero-order valence-corrected chi connectivity index (χ0v) is 14.9. The third kappa shape index (κ3) is 3.44. The van der Waals surface area contributed by atoms with Gasteiger partial charge in [0.25, 0.3) is 5.91 Å². The first-order chi connectivity index (χ1) is 12.1. The minimum Gasteiger partial charge on any atom is -0.360 e. The van der Waals surface area contributed by atoms with Crippen molar-refractivity contribution in [1.29, 1.82) is 0 Å². The molecule has 1 saturated heterocycles. The summed E-state index contributed by atoms with van der Waals surface area (Å²) in [6, 6.07) is 1.92. The van der Waals surface area contributed by atoms with Crippen LogP contribution in [-0.2, 0) is 4.79 Å². The predicted molar refractivity (Wildman–Crippen MR) is 92.1 cm³/mol. The first-order valence-corrected chi connectivity index (χ1v) is 9.66. The largest absolute Gasteiger partial charge is 0.360 e. The molecule has 6 heteroatoms. The Morgan fingerprint density at radius 1 is 1.36 bits per heavy atom. The maximum atomic E-state index is 12.5. The van der Waals surface area contributed by atoms with Gasteiger partial charge in [-0.25, -0.2) is 0 Å². The van der Waals surface area contributed by atoms with Gasteiger partial charge in [0.05, 0.1) is 0 Å². The molecule has 4 rings (SSSR count). The fourth-order valence-electron chi connectivity index (χ4n) is 3.94. The highest BCUT2D eigenvalue weighted by Gasteiger charge is 2.53. The molecule has 1 N–H and O–H groups in total. The molecule has 1 aromatic heterocycles. The van der Waals surface area contributed by atoms with Crippen molar-refractivity contribution in [3.8, 4) is 0 Å². The van der Waals surface area contributed by atoms with Crippen molar-refractivity contribution < 1.29 is 14.1 Å². The van der Waals surface area contributed by atoms with Crippen molar-refractivity contribution in [3.63, 3.8) is 0 Å². The Morgan fingerprint density at radius 2 is 2.16 bits per heavy atom. The molecule has 1 unspecified atom stereocenters. The Labute approximate surface area is 148 Å². The molecule has 1 spiro atoms. The van der Waals surface area contributed by atoms with Crippen LogP contribution in [0.25, 0.3) is 0 Å². The Balaban J connectivity index is 1.35. The van der Waals surface area contributed by atoms with Crippen LogP contribution in [0.4, 0.5) is 0 Å². The number of nitrogens with zero attached hydrogens (tertiary/aromatic N) is 2. The van der Waals surface area contributed by atoms with Gasteiger partial charge in [-0.2, -0.15) is 0 Å². The van der Waals surface area contributed by atoms with E-state index in [0.29, 0.717) is 18.0 Å². The van der Waals surface area contributed by atoms with Crippen LogP contribution < -0.4 is 5.32 Å². The lowest BCUT2D eigenvalue weighted by atomic mass is 9.88. The van der Waals surface area contributed by atoms with Crippen molar-refractivity contribution in [2.75, 3.05) is 13.1 Å². The van der Waals surface area contributed by atoms with E-state index in [1.165, 1.54) is 0 Å². The third-order valence-electron chi connectivity index (χ3n) is 5.97. The average molecular weight is 345 g/mol. The summed E-state index contributed by atoms with van der Waals surface area (Å²) in [7, 11) is 0. The first-order valence-electron chi connectivity index (χ1n) is 9.66. The number of likely N-dealkylation sites (tertiary alicyclic amines) is 1. The number of hydrogen-bond donors (Lipinski definition) is 1. The van der Waals surface area contributed by atoms with Crippen LogP contribution in [-0.4, -0.2) is 41.0 Å². The lowest BCUT2D eigenvalue weighted by molar-refractivity contribution is -0.133. The van der Waals surface area contributed by atoms with Crippen molar-refractivity contribution >= 4 is 11.8 Å². The van der Waals surface area contributed by atoms with Crippen LogP contribution in [0.15, 0.2) is 10.6 Å². The van der Waals surface area contributed by atoms with Gasteiger partial charge in [0.2, 0.25) is 5.91 Å². The summed E-state index contributed by atoms with van der Waals surface area (Å²) in [5.41, 5.74) is 0.470. The summed E-state index contributed by atoms with van der Waals surface area (Å²) in [6.07, 6.45) is 7.91. The van der Waals surface area contributed by atoms with Gasteiger partial charge in [0.15, 0.2) is 5.69 Å².